The van der Waals surface area contributed by atoms with Crippen LogP contribution >= 0.6 is 0 Å². The quantitative estimate of drug-likeness (QED) is 0.326. The highest BCUT2D eigenvalue weighted by molar-refractivity contribution is 6.13. The van der Waals surface area contributed by atoms with E-state index in [4.69, 9.17) is 15.5 Å². The number of ether oxygens (including phenoxy) is 1. The molecule has 2 aliphatic heterocycles. The third kappa shape index (κ3) is 2.04. The molecule has 3 aromatic carbocycles. The van der Waals surface area contributed by atoms with Crippen molar-refractivity contribution in [3.05, 3.63) is 66.4 Å². The molecule has 1 unspecified atom stereocenters. The lowest BCUT2D eigenvalue weighted by atomic mass is 9.78. The molecular formula is C24H20N4O. The third-order valence-electron chi connectivity index (χ3n) is 6.34. The Hall–Kier alpha value is -3.60. The van der Waals surface area contributed by atoms with E-state index < -0.39 is 5.72 Å². The maximum absolute atomic E-state index is 6.60. The van der Waals surface area contributed by atoms with E-state index >= 15 is 0 Å². The lowest BCUT2D eigenvalue weighted by Crippen LogP contribution is -2.56. The number of rotatable bonds is 0. The van der Waals surface area contributed by atoms with Gasteiger partial charge in [-0.05, 0) is 60.3 Å². The molecule has 0 saturated carbocycles. The minimum absolute atomic E-state index is 0.326. The number of anilines is 2. The molecule has 3 N–H and O–H groups in total. The number of nitrogens with one attached hydrogen (secondary N) is 1. The Balaban J connectivity index is 1.53. The van der Waals surface area contributed by atoms with Crippen molar-refractivity contribution < 1.29 is 4.74 Å². The van der Waals surface area contributed by atoms with Crippen molar-refractivity contribution in [3.8, 4) is 5.75 Å². The maximum atomic E-state index is 6.60. The van der Waals surface area contributed by atoms with Gasteiger partial charge in [0.05, 0.1) is 11.6 Å². The van der Waals surface area contributed by atoms with Gasteiger partial charge in [-0.15, -0.1) is 0 Å². The number of nitrogen functional groups attached to an aromatic ring is 1. The smallest absolute Gasteiger partial charge is 0.227 e. The van der Waals surface area contributed by atoms with Gasteiger partial charge in [-0.2, -0.15) is 0 Å². The molecule has 0 fully saturated rings. The monoisotopic (exact) mass is 380 g/mol. The highest BCUT2D eigenvalue weighted by atomic mass is 16.5. The fourth-order valence-corrected chi connectivity index (χ4v) is 4.59. The summed E-state index contributed by atoms with van der Waals surface area (Å²) >= 11 is 0. The lowest BCUT2D eigenvalue weighted by molar-refractivity contribution is 0.107. The summed E-state index contributed by atoms with van der Waals surface area (Å²) in [6.07, 6.45) is 3.68. The molecule has 2 aliphatic rings. The minimum Gasteiger partial charge on any atom is -0.460 e. The van der Waals surface area contributed by atoms with Crippen LogP contribution in [0, 0.1) is 0 Å². The summed E-state index contributed by atoms with van der Waals surface area (Å²) in [5, 5.41) is 7.95. The number of benzene rings is 3. The Labute approximate surface area is 168 Å². The van der Waals surface area contributed by atoms with Crippen molar-refractivity contribution in [2.45, 2.75) is 25.0 Å². The molecule has 1 aromatic heterocycles. The van der Waals surface area contributed by atoms with E-state index in [1.54, 1.807) is 6.20 Å². The third-order valence-corrected chi connectivity index (χ3v) is 6.34. The molecule has 142 valence electrons. The first-order valence-electron chi connectivity index (χ1n) is 9.71. The Morgan fingerprint density at radius 1 is 0.966 bits per heavy atom. The Morgan fingerprint density at radius 2 is 1.79 bits per heavy atom. The molecule has 29 heavy (non-hydrogen) atoms. The lowest BCUT2D eigenvalue weighted by Gasteiger charge is -2.40. The first-order valence-corrected chi connectivity index (χ1v) is 9.71. The first-order chi connectivity index (χ1) is 14.0. The van der Waals surface area contributed by atoms with Crippen LogP contribution in [-0.2, 0) is 5.41 Å². The molecule has 0 saturated heterocycles. The van der Waals surface area contributed by atoms with Gasteiger partial charge < -0.3 is 15.8 Å². The van der Waals surface area contributed by atoms with Gasteiger partial charge in [0.15, 0.2) is 0 Å². The first kappa shape index (κ1) is 16.4. The zero-order valence-corrected chi connectivity index (χ0v) is 16.2. The number of hydrogen-bond acceptors (Lipinski definition) is 5. The number of pyridine rings is 1. The fraction of sp³-hybridized carbons (Fsp3) is 0.167. The van der Waals surface area contributed by atoms with Crippen molar-refractivity contribution in [2.24, 2.45) is 4.99 Å². The number of fused-ring (bicyclic) bond motifs is 6. The second kappa shape index (κ2) is 5.26. The second-order valence-electron chi connectivity index (χ2n) is 8.30. The summed E-state index contributed by atoms with van der Waals surface area (Å²) < 4.78 is 6.60. The van der Waals surface area contributed by atoms with Crippen LogP contribution in [0.3, 0.4) is 0 Å². The van der Waals surface area contributed by atoms with Crippen molar-refractivity contribution in [1.29, 1.82) is 0 Å². The average molecular weight is 380 g/mol. The largest absolute Gasteiger partial charge is 0.460 e. The molecule has 0 amide bonds. The van der Waals surface area contributed by atoms with Gasteiger partial charge in [0.2, 0.25) is 5.72 Å². The summed E-state index contributed by atoms with van der Waals surface area (Å²) in [6, 6.07) is 18.4. The average Bonchev–Trinajstić information content (AvgIpc) is 2.93. The van der Waals surface area contributed by atoms with Gasteiger partial charge in [-0.3, -0.25) is 4.99 Å². The highest BCUT2D eigenvalue weighted by Crippen LogP contribution is 2.51. The Kier molecular flexibility index (Phi) is 2.97. The zero-order valence-electron chi connectivity index (χ0n) is 16.2. The van der Waals surface area contributed by atoms with Crippen molar-refractivity contribution in [3.63, 3.8) is 0 Å². The summed E-state index contributed by atoms with van der Waals surface area (Å²) in [7, 11) is 0. The van der Waals surface area contributed by atoms with E-state index in [0.29, 0.717) is 0 Å². The van der Waals surface area contributed by atoms with E-state index in [1.165, 1.54) is 0 Å². The van der Waals surface area contributed by atoms with Crippen LogP contribution in [0.25, 0.3) is 21.5 Å². The van der Waals surface area contributed by atoms with Gasteiger partial charge in [-0.25, -0.2) is 4.98 Å². The number of hydrogen-bond donors (Lipinski definition) is 2. The second-order valence-corrected chi connectivity index (χ2v) is 8.30. The standard InChI is InChI=1S/C24H20N4O/c1-23(2)19-4-3-11-26-22(19)28-24(23)13-27-21-18-7-5-14-12-15(25)6-8-16(14)17(18)9-10-20(21)29-24/h3-13H,25H2,1-2H3,(H,26,28). The van der Waals surface area contributed by atoms with Gasteiger partial charge in [-0.1, -0.05) is 24.3 Å². The van der Waals surface area contributed by atoms with Gasteiger partial charge in [0, 0.05) is 22.8 Å². The number of nitrogens with two attached hydrogens (primary N) is 1. The van der Waals surface area contributed by atoms with Crippen LogP contribution in [0.15, 0.2) is 65.8 Å². The molecule has 1 atom stereocenters. The van der Waals surface area contributed by atoms with E-state index in [9.17, 15) is 0 Å². The number of aromatic nitrogens is 1. The summed E-state index contributed by atoms with van der Waals surface area (Å²) in [5.74, 6) is 1.61. The molecule has 5 heteroatoms. The molecule has 1 spiro atoms. The molecular weight excluding hydrogens is 360 g/mol. The van der Waals surface area contributed by atoms with E-state index in [-0.39, 0.29) is 5.41 Å². The van der Waals surface area contributed by atoms with Gasteiger partial charge in [0.25, 0.3) is 0 Å². The van der Waals surface area contributed by atoms with Crippen LogP contribution in [-0.4, -0.2) is 16.9 Å². The van der Waals surface area contributed by atoms with Crippen LogP contribution in [0.2, 0.25) is 0 Å². The molecule has 4 aromatic rings. The Bertz CT molecular complexity index is 1360. The number of nitrogens with zero attached hydrogens (tertiary/aromatic N) is 2. The molecule has 5 nitrogen and oxygen atoms in total. The van der Waals surface area contributed by atoms with Crippen LogP contribution in [0.4, 0.5) is 17.2 Å². The molecule has 3 heterocycles. The van der Waals surface area contributed by atoms with E-state index in [0.717, 1.165) is 50.1 Å². The predicted molar refractivity (Wildman–Crippen MR) is 118 cm³/mol. The fourth-order valence-electron chi connectivity index (χ4n) is 4.59. The summed E-state index contributed by atoms with van der Waals surface area (Å²) in [6.45, 7) is 4.31. The van der Waals surface area contributed by atoms with Crippen LogP contribution < -0.4 is 15.8 Å². The molecule has 0 aliphatic carbocycles. The normalized spacial score (nSPS) is 21.0. The zero-order chi connectivity index (χ0) is 19.8. The van der Waals surface area contributed by atoms with Crippen molar-refractivity contribution in [1.82, 2.24) is 4.98 Å². The SMILES string of the molecule is CC1(C)c2cccnc2NC12C=Nc1c(ccc3c1ccc1cc(N)ccc13)O2. The van der Waals surface area contributed by atoms with Crippen LogP contribution in [0.5, 0.6) is 5.75 Å². The van der Waals surface area contributed by atoms with Gasteiger partial charge >= 0.3 is 0 Å². The summed E-state index contributed by atoms with van der Waals surface area (Å²) in [4.78, 5) is 9.38. The molecule has 0 bridgehead atoms. The maximum Gasteiger partial charge on any atom is 0.227 e. The van der Waals surface area contributed by atoms with Crippen molar-refractivity contribution >= 4 is 45.0 Å². The highest BCUT2D eigenvalue weighted by Gasteiger charge is 2.55. The van der Waals surface area contributed by atoms with Gasteiger partial charge in [0.1, 0.15) is 17.3 Å². The summed E-state index contributed by atoms with van der Waals surface area (Å²) in [5.41, 5.74) is 7.60. The van der Waals surface area contributed by atoms with Crippen LogP contribution in [0.1, 0.15) is 19.4 Å². The predicted octanol–water partition coefficient (Wildman–Crippen LogP) is 5.16. The number of aliphatic imine (C=N–C) groups is 1. The Morgan fingerprint density at radius 3 is 2.66 bits per heavy atom. The van der Waals surface area contributed by atoms with Crippen molar-refractivity contribution in [2.75, 3.05) is 11.1 Å². The van der Waals surface area contributed by atoms with E-state index in [1.807, 2.05) is 30.5 Å². The topological polar surface area (TPSA) is 72.5 Å². The minimum atomic E-state index is -0.768. The van der Waals surface area contributed by atoms with E-state index in [2.05, 4.69) is 54.5 Å². The molecule has 6 rings (SSSR count). The molecule has 0 radical (unpaired) electrons.